The van der Waals surface area contributed by atoms with Crippen molar-refractivity contribution >= 4 is 32.5 Å². The molecule has 2 aromatic carbocycles. The molecule has 0 radical (unpaired) electrons. The zero-order chi connectivity index (χ0) is 15.8. The van der Waals surface area contributed by atoms with Crippen LogP contribution in [0.25, 0.3) is 10.8 Å². The van der Waals surface area contributed by atoms with E-state index >= 15 is 0 Å². The molecule has 112 valence electrons. The van der Waals surface area contributed by atoms with E-state index in [0.29, 0.717) is 16.5 Å². The van der Waals surface area contributed by atoms with Gasteiger partial charge in [0.1, 0.15) is 4.90 Å². The van der Waals surface area contributed by atoms with E-state index in [4.69, 9.17) is 0 Å². The molecule has 0 atom stereocenters. The molecular formula is C15H17NO4S. The Balaban J connectivity index is 2.62. The van der Waals surface area contributed by atoms with Crippen LogP contribution in [0.4, 0.5) is 5.69 Å². The number of rotatable bonds is 2. The standard InChI is InChI=1S/C15H17NO4S/c1-15(2,3)14(17)16-12-8-9-13(21(18,19)20)11-7-5-4-6-10(11)12/h4-9H,1-3H3,(H,16,17)(H,18,19,20). The number of fused-ring (bicyclic) bond motifs is 1. The maximum atomic E-state index is 12.1. The summed E-state index contributed by atoms with van der Waals surface area (Å²) in [6.07, 6.45) is 0. The van der Waals surface area contributed by atoms with Crippen LogP contribution >= 0.6 is 0 Å². The second-order valence-electron chi connectivity index (χ2n) is 5.84. The van der Waals surface area contributed by atoms with Crippen LogP contribution in [0.5, 0.6) is 0 Å². The monoisotopic (exact) mass is 307 g/mol. The Kier molecular flexibility index (Phi) is 3.78. The molecule has 2 aromatic rings. The molecule has 0 spiro atoms. The highest BCUT2D eigenvalue weighted by molar-refractivity contribution is 7.86. The third-order valence-electron chi connectivity index (χ3n) is 3.09. The van der Waals surface area contributed by atoms with E-state index in [1.54, 1.807) is 45.0 Å². The van der Waals surface area contributed by atoms with Crippen molar-refractivity contribution in [1.29, 1.82) is 0 Å². The molecule has 0 aliphatic rings. The summed E-state index contributed by atoms with van der Waals surface area (Å²) in [6, 6.07) is 9.47. The van der Waals surface area contributed by atoms with Crippen LogP contribution in [-0.2, 0) is 14.9 Å². The Morgan fingerprint density at radius 1 is 1.05 bits per heavy atom. The van der Waals surface area contributed by atoms with Crippen LogP contribution in [0.3, 0.4) is 0 Å². The number of benzene rings is 2. The van der Waals surface area contributed by atoms with Crippen LogP contribution < -0.4 is 5.32 Å². The van der Waals surface area contributed by atoms with Crippen LogP contribution in [0.15, 0.2) is 41.3 Å². The number of amides is 1. The van der Waals surface area contributed by atoms with E-state index in [9.17, 15) is 17.8 Å². The molecular weight excluding hydrogens is 290 g/mol. The summed E-state index contributed by atoms with van der Waals surface area (Å²) in [7, 11) is -4.32. The van der Waals surface area contributed by atoms with Gasteiger partial charge in [-0.2, -0.15) is 8.42 Å². The van der Waals surface area contributed by atoms with Gasteiger partial charge in [0.25, 0.3) is 10.1 Å². The van der Waals surface area contributed by atoms with E-state index in [0.717, 1.165) is 0 Å². The second-order valence-corrected chi connectivity index (χ2v) is 7.23. The summed E-state index contributed by atoms with van der Waals surface area (Å²) in [5, 5.41) is 3.72. The minimum atomic E-state index is -4.32. The summed E-state index contributed by atoms with van der Waals surface area (Å²) < 4.78 is 32.1. The number of anilines is 1. The van der Waals surface area contributed by atoms with Gasteiger partial charge in [-0.1, -0.05) is 45.0 Å². The molecule has 0 aliphatic carbocycles. The van der Waals surface area contributed by atoms with Gasteiger partial charge < -0.3 is 5.32 Å². The molecule has 0 saturated carbocycles. The highest BCUT2D eigenvalue weighted by atomic mass is 32.2. The normalized spacial score (nSPS) is 12.4. The number of hydrogen-bond acceptors (Lipinski definition) is 3. The number of carbonyl (C=O) groups is 1. The average Bonchev–Trinajstić information content (AvgIpc) is 2.36. The lowest BCUT2D eigenvalue weighted by Crippen LogP contribution is -2.27. The topological polar surface area (TPSA) is 83.5 Å². The van der Waals surface area contributed by atoms with Crippen molar-refractivity contribution in [2.75, 3.05) is 5.32 Å². The molecule has 0 bridgehead atoms. The second kappa shape index (κ2) is 5.13. The fraction of sp³-hybridized carbons (Fsp3) is 0.267. The van der Waals surface area contributed by atoms with Crippen molar-refractivity contribution in [2.45, 2.75) is 25.7 Å². The summed E-state index contributed by atoms with van der Waals surface area (Å²) in [4.78, 5) is 11.9. The zero-order valence-electron chi connectivity index (χ0n) is 12.0. The summed E-state index contributed by atoms with van der Waals surface area (Å²) in [5.74, 6) is -0.174. The fourth-order valence-corrected chi connectivity index (χ4v) is 2.61. The van der Waals surface area contributed by atoms with Crippen LogP contribution in [0, 0.1) is 5.41 Å². The first-order chi connectivity index (χ1) is 9.60. The lowest BCUT2D eigenvalue weighted by molar-refractivity contribution is -0.123. The lowest BCUT2D eigenvalue weighted by atomic mass is 9.95. The van der Waals surface area contributed by atoms with E-state index in [-0.39, 0.29) is 10.8 Å². The van der Waals surface area contributed by atoms with Crippen molar-refractivity contribution in [1.82, 2.24) is 0 Å². The minimum Gasteiger partial charge on any atom is -0.325 e. The predicted molar refractivity (Wildman–Crippen MR) is 81.8 cm³/mol. The van der Waals surface area contributed by atoms with Gasteiger partial charge in [0, 0.05) is 21.9 Å². The Bertz CT molecular complexity index is 804. The molecule has 1 amide bonds. The molecule has 0 aromatic heterocycles. The molecule has 0 heterocycles. The van der Waals surface area contributed by atoms with Crippen LogP contribution in [0.2, 0.25) is 0 Å². The van der Waals surface area contributed by atoms with Crippen molar-refractivity contribution in [3.05, 3.63) is 36.4 Å². The largest absolute Gasteiger partial charge is 0.325 e. The Labute approximate surface area is 123 Å². The van der Waals surface area contributed by atoms with Gasteiger partial charge >= 0.3 is 0 Å². The lowest BCUT2D eigenvalue weighted by Gasteiger charge is -2.19. The predicted octanol–water partition coefficient (Wildman–Crippen LogP) is 3.07. The number of carbonyl (C=O) groups excluding carboxylic acids is 1. The highest BCUT2D eigenvalue weighted by Gasteiger charge is 2.23. The van der Waals surface area contributed by atoms with E-state index in [1.807, 2.05) is 0 Å². The third-order valence-corrected chi connectivity index (χ3v) is 4.00. The fourth-order valence-electron chi connectivity index (χ4n) is 1.92. The molecule has 2 N–H and O–H groups in total. The quantitative estimate of drug-likeness (QED) is 0.835. The van der Waals surface area contributed by atoms with Crippen LogP contribution in [-0.4, -0.2) is 18.9 Å². The highest BCUT2D eigenvalue weighted by Crippen LogP contribution is 2.30. The Morgan fingerprint density at radius 3 is 2.14 bits per heavy atom. The SMILES string of the molecule is CC(C)(C)C(=O)Nc1ccc(S(=O)(=O)O)c2ccccc12. The first kappa shape index (κ1) is 15.5. The third kappa shape index (κ3) is 3.22. The Hall–Kier alpha value is -1.92. The smallest absolute Gasteiger partial charge is 0.295 e. The molecule has 21 heavy (non-hydrogen) atoms. The average molecular weight is 307 g/mol. The minimum absolute atomic E-state index is 0.174. The molecule has 6 heteroatoms. The van der Waals surface area contributed by atoms with Crippen molar-refractivity contribution < 1.29 is 17.8 Å². The molecule has 0 fully saturated rings. The molecule has 0 unspecified atom stereocenters. The van der Waals surface area contributed by atoms with Crippen molar-refractivity contribution in [3.63, 3.8) is 0 Å². The van der Waals surface area contributed by atoms with E-state index in [1.165, 1.54) is 12.1 Å². The first-order valence-corrected chi connectivity index (χ1v) is 7.85. The van der Waals surface area contributed by atoms with E-state index in [2.05, 4.69) is 5.32 Å². The van der Waals surface area contributed by atoms with Crippen molar-refractivity contribution in [2.24, 2.45) is 5.41 Å². The maximum Gasteiger partial charge on any atom is 0.295 e. The number of nitrogens with one attached hydrogen (secondary N) is 1. The Morgan fingerprint density at radius 2 is 1.62 bits per heavy atom. The molecule has 5 nitrogen and oxygen atoms in total. The van der Waals surface area contributed by atoms with Gasteiger partial charge in [-0.25, -0.2) is 0 Å². The molecule has 2 rings (SSSR count). The van der Waals surface area contributed by atoms with Gasteiger partial charge in [0.15, 0.2) is 0 Å². The van der Waals surface area contributed by atoms with Gasteiger partial charge in [-0.3, -0.25) is 9.35 Å². The summed E-state index contributed by atoms with van der Waals surface area (Å²) >= 11 is 0. The van der Waals surface area contributed by atoms with Crippen LogP contribution in [0.1, 0.15) is 20.8 Å². The van der Waals surface area contributed by atoms with Gasteiger partial charge in [0.05, 0.1) is 0 Å². The molecule has 0 saturated heterocycles. The van der Waals surface area contributed by atoms with Gasteiger partial charge in [-0.05, 0) is 12.1 Å². The summed E-state index contributed by atoms with van der Waals surface area (Å²) in [6.45, 7) is 5.37. The van der Waals surface area contributed by atoms with E-state index < -0.39 is 15.5 Å². The van der Waals surface area contributed by atoms with Gasteiger partial charge in [-0.15, -0.1) is 0 Å². The molecule has 0 aliphatic heterocycles. The van der Waals surface area contributed by atoms with Gasteiger partial charge in [0.2, 0.25) is 5.91 Å². The number of hydrogen-bond donors (Lipinski definition) is 2. The maximum absolute atomic E-state index is 12.1. The van der Waals surface area contributed by atoms with Crippen molar-refractivity contribution in [3.8, 4) is 0 Å². The zero-order valence-corrected chi connectivity index (χ0v) is 12.9. The first-order valence-electron chi connectivity index (χ1n) is 6.41. The summed E-state index contributed by atoms with van der Waals surface area (Å²) in [5.41, 5.74) is -0.0547.